The summed E-state index contributed by atoms with van der Waals surface area (Å²) in [4.78, 5) is 15.5. The SMILES string of the molecule is CCN(CC)C(CNC(=O)C1CCN(S(=O)(=O)c2ccc(C)cc2)CC1)c1ccccc1Cl. The second-order valence-electron chi connectivity index (χ2n) is 8.50. The summed E-state index contributed by atoms with van der Waals surface area (Å²) in [5, 5.41) is 3.80. The zero-order valence-electron chi connectivity index (χ0n) is 19.6. The van der Waals surface area contributed by atoms with E-state index in [4.69, 9.17) is 11.6 Å². The van der Waals surface area contributed by atoms with Crippen LogP contribution in [0.1, 0.15) is 43.9 Å². The summed E-state index contributed by atoms with van der Waals surface area (Å²) in [6.07, 6.45) is 1.03. The first-order valence-electron chi connectivity index (χ1n) is 11.6. The molecule has 6 nitrogen and oxygen atoms in total. The number of piperidine rings is 1. The molecular weight excluding hydrogens is 458 g/mol. The summed E-state index contributed by atoms with van der Waals surface area (Å²) in [5.41, 5.74) is 2.02. The lowest BCUT2D eigenvalue weighted by atomic mass is 9.97. The Morgan fingerprint density at radius 2 is 1.70 bits per heavy atom. The molecule has 1 amide bonds. The Kier molecular flexibility index (Phi) is 8.93. The van der Waals surface area contributed by atoms with Gasteiger partial charge >= 0.3 is 0 Å². The van der Waals surface area contributed by atoms with Gasteiger partial charge in [0.15, 0.2) is 0 Å². The average molecular weight is 492 g/mol. The maximum Gasteiger partial charge on any atom is 0.243 e. The van der Waals surface area contributed by atoms with Gasteiger partial charge in [-0.1, -0.05) is 61.3 Å². The molecule has 33 heavy (non-hydrogen) atoms. The van der Waals surface area contributed by atoms with Crippen molar-refractivity contribution in [2.75, 3.05) is 32.7 Å². The highest BCUT2D eigenvalue weighted by molar-refractivity contribution is 7.89. The number of rotatable bonds is 9. The van der Waals surface area contributed by atoms with Crippen molar-refractivity contribution in [2.24, 2.45) is 5.92 Å². The molecule has 1 atom stereocenters. The Hall–Kier alpha value is -1.93. The van der Waals surface area contributed by atoms with Gasteiger partial charge in [-0.2, -0.15) is 4.31 Å². The second kappa shape index (κ2) is 11.5. The van der Waals surface area contributed by atoms with Crippen molar-refractivity contribution in [3.63, 3.8) is 0 Å². The molecule has 0 aromatic heterocycles. The Balaban J connectivity index is 1.61. The molecule has 1 unspecified atom stereocenters. The number of nitrogens with one attached hydrogen (secondary N) is 1. The summed E-state index contributed by atoms with van der Waals surface area (Å²) in [5.74, 6) is -0.218. The largest absolute Gasteiger partial charge is 0.354 e. The van der Waals surface area contributed by atoms with Crippen molar-refractivity contribution in [2.45, 2.75) is 44.6 Å². The molecule has 1 saturated heterocycles. The molecule has 0 saturated carbocycles. The van der Waals surface area contributed by atoms with E-state index in [-0.39, 0.29) is 17.9 Å². The monoisotopic (exact) mass is 491 g/mol. The van der Waals surface area contributed by atoms with E-state index in [1.54, 1.807) is 24.3 Å². The molecule has 3 rings (SSSR count). The van der Waals surface area contributed by atoms with Gasteiger partial charge < -0.3 is 5.32 Å². The topological polar surface area (TPSA) is 69.7 Å². The highest BCUT2D eigenvalue weighted by atomic mass is 35.5. The van der Waals surface area contributed by atoms with Crippen LogP contribution in [0.2, 0.25) is 5.02 Å². The summed E-state index contributed by atoms with van der Waals surface area (Å²) in [7, 11) is -3.53. The van der Waals surface area contributed by atoms with Crippen LogP contribution in [-0.2, 0) is 14.8 Å². The molecule has 0 bridgehead atoms. The number of benzene rings is 2. The summed E-state index contributed by atoms with van der Waals surface area (Å²) in [6, 6.07) is 14.6. The normalized spacial score (nSPS) is 16.6. The van der Waals surface area contributed by atoms with Crippen molar-refractivity contribution in [1.29, 1.82) is 0 Å². The molecular formula is C25H34ClN3O3S. The molecule has 0 aliphatic carbocycles. The van der Waals surface area contributed by atoms with Crippen LogP contribution in [0, 0.1) is 12.8 Å². The van der Waals surface area contributed by atoms with Crippen molar-refractivity contribution < 1.29 is 13.2 Å². The van der Waals surface area contributed by atoms with Crippen LogP contribution in [0.5, 0.6) is 0 Å². The number of halogens is 1. The lowest BCUT2D eigenvalue weighted by molar-refractivity contribution is -0.126. The van der Waals surface area contributed by atoms with Gasteiger partial charge in [0, 0.05) is 30.6 Å². The molecule has 1 aliphatic heterocycles. The van der Waals surface area contributed by atoms with E-state index < -0.39 is 10.0 Å². The number of likely N-dealkylation sites (N-methyl/N-ethyl adjacent to an activating group) is 1. The molecule has 2 aromatic carbocycles. The highest BCUT2D eigenvalue weighted by Crippen LogP contribution is 2.28. The van der Waals surface area contributed by atoms with E-state index in [0.717, 1.165) is 24.2 Å². The lowest BCUT2D eigenvalue weighted by Crippen LogP contribution is -2.45. The van der Waals surface area contributed by atoms with Gasteiger partial charge in [-0.3, -0.25) is 9.69 Å². The molecule has 180 valence electrons. The van der Waals surface area contributed by atoms with E-state index in [1.165, 1.54) is 4.31 Å². The van der Waals surface area contributed by atoms with E-state index >= 15 is 0 Å². The van der Waals surface area contributed by atoms with Crippen LogP contribution in [0.25, 0.3) is 0 Å². The quantitative estimate of drug-likeness (QED) is 0.569. The minimum absolute atomic E-state index is 0.0142. The van der Waals surface area contributed by atoms with Crippen LogP contribution < -0.4 is 5.32 Å². The molecule has 1 aliphatic rings. The van der Waals surface area contributed by atoms with Crippen molar-refractivity contribution in [1.82, 2.24) is 14.5 Å². The lowest BCUT2D eigenvalue weighted by Gasteiger charge is -2.33. The van der Waals surface area contributed by atoms with Gasteiger partial charge in [0.05, 0.1) is 10.9 Å². The average Bonchev–Trinajstić information content (AvgIpc) is 2.82. The van der Waals surface area contributed by atoms with Gasteiger partial charge in [0.2, 0.25) is 15.9 Å². The van der Waals surface area contributed by atoms with E-state index in [1.807, 2.05) is 31.2 Å². The predicted octanol–water partition coefficient (Wildman–Crippen LogP) is 4.25. The Bertz CT molecular complexity index is 1030. The van der Waals surface area contributed by atoms with Crippen LogP contribution in [0.15, 0.2) is 53.4 Å². The number of amides is 1. The maximum absolute atomic E-state index is 13.0. The van der Waals surface area contributed by atoms with E-state index in [0.29, 0.717) is 42.4 Å². The van der Waals surface area contributed by atoms with E-state index in [2.05, 4.69) is 24.1 Å². The Labute approximate surface area is 203 Å². The number of aryl methyl sites for hydroxylation is 1. The molecule has 1 heterocycles. The number of hydrogen-bond donors (Lipinski definition) is 1. The molecule has 0 spiro atoms. The zero-order chi connectivity index (χ0) is 24.0. The molecule has 2 aromatic rings. The summed E-state index contributed by atoms with van der Waals surface area (Å²) < 4.78 is 27.3. The number of sulfonamides is 1. The first kappa shape index (κ1) is 25.7. The number of nitrogens with zero attached hydrogens (tertiary/aromatic N) is 2. The standard InChI is InChI=1S/C25H34ClN3O3S/c1-4-28(5-2)24(22-8-6-7-9-23(22)26)18-27-25(30)20-14-16-29(17-15-20)33(31,32)21-12-10-19(3)11-13-21/h6-13,20,24H,4-5,14-18H2,1-3H3,(H,27,30). The number of hydrogen-bond acceptors (Lipinski definition) is 4. The first-order chi connectivity index (χ1) is 15.8. The van der Waals surface area contributed by atoms with Gasteiger partial charge in [-0.25, -0.2) is 8.42 Å². The van der Waals surface area contributed by atoms with Gasteiger partial charge in [0.25, 0.3) is 0 Å². The summed E-state index contributed by atoms with van der Waals surface area (Å²) in [6.45, 7) is 8.97. The summed E-state index contributed by atoms with van der Waals surface area (Å²) >= 11 is 6.46. The molecule has 1 N–H and O–H groups in total. The maximum atomic E-state index is 13.0. The zero-order valence-corrected chi connectivity index (χ0v) is 21.2. The third-order valence-electron chi connectivity index (χ3n) is 6.47. The third-order valence-corrected chi connectivity index (χ3v) is 8.73. The van der Waals surface area contributed by atoms with Gasteiger partial charge in [-0.15, -0.1) is 0 Å². The van der Waals surface area contributed by atoms with Crippen molar-refractivity contribution in [3.8, 4) is 0 Å². The fourth-order valence-electron chi connectivity index (χ4n) is 4.40. The number of carbonyl (C=O) groups is 1. The smallest absolute Gasteiger partial charge is 0.243 e. The van der Waals surface area contributed by atoms with Crippen LogP contribution in [0.4, 0.5) is 0 Å². The molecule has 0 radical (unpaired) electrons. The highest BCUT2D eigenvalue weighted by Gasteiger charge is 2.32. The van der Waals surface area contributed by atoms with Crippen LogP contribution in [-0.4, -0.2) is 56.3 Å². The minimum Gasteiger partial charge on any atom is -0.354 e. The van der Waals surface area contributed by atoms with E-state index in [9.17, 15) is 13.2 Å². The van der Waals surface area contributed by atoms with Crippen molar-refractivity contribution in [3.05, 3.63) is 64.7 Å². The number of carbonyl (C=O) groups excluding carboxylic acids is 1. The molecule has 8 heteroatoms. The Morgan fingerprint density at radius 3 is 2.27 bits per heavy atom. The fraction of sp³-hybridized carbons (Fsp3) is 0.480. The molecule has 1 fully saturated rings. The van der Waals surface area contributed by atoms with Crippen LogP contribution >= 0.6 is 11.6 Å². The van der Waals surface area contributed by atoms with Gasteiger partial charge in [-0.05, 0) is 56.6 Å². The Morgan fingerprint density at radius 1 is 1.09 bits per heavy atom. The van der Waals surface area contributed by atoms with Crippen molar-refractivity contribution >= 4 is 27.5 Å². The first-order valence-corrected chi connectivity index (χ1v) is 13.4. The van der Waals surface area contributed by atoms with Crippen LogP contribution in [0.3, 0.4) is 0 Å². The fourth-order valence-corrected chi connectivity index (χ4v) is 6.14. The van der Waals surface area contributed by atoms with Gasteiger partial charge in [0.1, 0.15) is 0 Å². The minimum atomic E-state index is -3.53. The predicted molar refractivity (Wildman–Crippen MR) is 133 cm³/mol. The third kappa shape index (κ3) is 6.15. The second-order valence-corrected chi connectivity index (χ2v) is 10.8.